The fraction of sp³-hybridized carbons (Fsp3) is 0.167. The third kappa shape index (κ3) is 6.94. The molecule has 0 saturated carbocycles. The number of rotatable bonds is 10. The molecule has 8 heteroatoms. The number of halogens is 1. The molecule has 196 valence electrons. The number of aryl methyl sites for hydroxylation is 1. The molecule has 1 amide bonds. The Bertz CT molecular complexity index is 1460. The maximum atomic E-state index is 13.7. The van der Waals surface area contributed by atoms with Crippen LogP contribution in [-0.2, 0) is 21.4 Å². The molecule has 0 saturated heterocycles. The lowest BCUT2D eigenvalue weighted by Gasteiger charge is -2.25. The molecule has 4 rings (SSSR count). The summed E-state index contributed by atoms with van der Waals surface area (Å²) >= 11 is 6.02. The van der Waals surface area contributed by atoms with Crippen molar-refractivity contribution in [1.29, 1.82) is 0 Å². The minimum absolute atomic E-state index is 0.118. The summed E-state index contributed by atoms with van der Waals surface area (Å²) in [6.45, 7) is 3.77. The number of sulfonamides is 1. The molecule has 4 aromatic carbocycles. The highest BCUT2D eigenvalue weighted by atomic mass is 35.5. The van der Waals surface area contributed by atoms with Gasteiger partial charge < -0.3 is 10.1 Å². The SMILES string of the molecule is Cc1ccc(S(=O)(=O)N(Cc2ccc(Cl)cc2)c2ccc(OCC(=O)N[C@@H](C)c3ccccc3)cc2)cc1. The van der Waals surface area contributed by atoms with E-state index >= 15 is 0 Å². The number of hydrogen-bond acceptors (Lipinski definition) is 4. The summed E-state index contributed by atoms with van der Waals surface area (Å²) in [5.74, 6) is 0.201. The van der Waals surface area contributed by atoms with E-state index < -0.39 is 10.0 Å². The molecule has 4 aromatic rings. The first-order valence-electron chi connectivity index (χ1n) is 12.1. The van der Waals surface area contributed by atoms with Crippen molar-refractivity contribution in [3.8, 4) is 5.75 Å². The number of ether oxygens (including phenoxy) is 1. The number of carbonyl (C=O) groups excluding carboxylic acids is 1. The zero-order valence-corrected chi connectivity index (χ0v) is 22.7. The van der Waals surface area contributed by atoms with Crippen LogP contribution in [0.5, 0.6) is 5.75 Å². The summed E-state index contributed by atoms with van der Waals surface area (Å²) in [5.41, 5.74) is 3.22. The van der Waals surface area contributed by atoms with E-state index in [-0.39, 0.29) is 30.0 Å². The second kappa shape index (κ2) is 12.2. The number of hydrogen-bond donors (Lipinski definition) is 1. The van der Waals surface area contributed by atoms with Crippen LogP contribution in [-0.4, -0.2) is 20.9 Å². The van der Waals surface area contributed by atoms with E-state index in [4.69, 9.17) is 16.3 Å². The normalized spacial score (nSPS) is 12.0. The first-order chi connectivity index (χ1) is 18.2. The van der Waals surface area contributed by atoms with E-state index in [0.717, 1.165) is 16.7 Å². The smallest absolute Gasteiger partial charge is 0.264 e. The van der Waals surface area contributed by atoms with E-state index in [2.05, 4.69) is 5.32 Å². The van der Waals surface area contributed by atoms with Gasteiger partial charge in [-0.25, -0.2) is 8.42 Å². The minimum atomic E-state index is -3.86. The van der Waals surface area contributed by atoms with Gasteiger partial charge in [0.05, 0.1) is 23.2 Å². The van der Waals surface area contributed by atoms with Gasteiger partial charge >= 0.3 is 0 Å². The predicted molar refractivity (Wildman–Crippen MR) is 151 cm³/mol. The largest absolute Gasteiger partial charge is 0.484 e. The van der Waals surface area contributed by atoms with Gasteiger partial charge in [-0.3, -0.25) is 9.10 Å². The third-order valence-corrected chi connectivity index (χ3v) is 8.06. The molecular weight excluding hydrogens is 520 g/mol. The maximum Gasteiger partial charge on any atom is 0.264 e. The van der Waals surface area contributed by atoms with Crippen molar-refractivity contribution < 1.29 is 17.9 Å². The van der Waals surface area contributed by atoms with Gasteiger partial charge in [0, 0.05) is 5.02 Å². The highest BCUT2D eigenvalue weighted by Crippen LogP contribution is 2.28. The Labute approximate surface area is 228 Å². The summed E-state index contributed by atoms with van der Waals surface area (Å²) in [4.78, 5) is 12.6. The second-order valence-electron chi connectivity index (χ2n) is 8.93. The zero-order chi connectivity index (χ0) is 27.1. The first-order valence-corrected chi connectivity index (χ1v) is 14.0. The highest BCUT2D eigenvalue weighted by Gasteiger charge is 2.25. The number of carbonyl (C=O) groups is 1. The molecule has 0 aliphatic heterocycles. The molecule has 0 aromatic heterocycles. The molecule has 0 aliphatic carbocycles. The van der Waals surface area contributed by atoms with Crippen molar-refractivity contribution in [2.75, 3.05) is 10.9 Å². The molecule has 6 nitrogen and oxygen atoms in total. The number of amides is 1. The molecule has 0 spiro atoms. The Hall–Kier alpha value is -3.81. The Morgan fingerprint density at radius 2 is 1.53 bits per heavy atom. The van der Waals surface area contributed by atoms with Crippen LogP contribution in [0.25, 0.3) is 0 Å². The van der Waals surface area contributed by atoms with Gasteiger partial charge in [0.25, 0.3) is 15.9 Å². The summed E-state index contributed by atoms with van der Waals surface area (Å²) in [6, 6.07) is 30.0. The second-order valence-corrected chi connectivity index (χ2v) is 11.2. The van der Waals surface area contributed by atoms with Crippen LogP contribution in [0.15, 0.2) is 108 Å². The van der Waals surface area contributed by atoms with E-state index in [0.29, 0.717) is 16.5 Å². The Balaban J connectivity index is 1.49. The van der Waals surface area contributed by atoms with Crippen LogP contribution in [0.1, 0.15) is 29.7 Å². The molecule has 0 unspecified atom stereocenters. The average Bonchev–Trinajstić information content (AvgIpc) is 2.92. The average molecular weight is 549 g/mol. The minimum Gasteiger partial charge on any atom is -0.484 e. The van der Waals surface area contributed by atoms with Gasteiger partial charge in [-0.05, 0) is 73.5 Å². The van der Waals surface area contributed by atoms with E-state index in [1.165, 1.54) is 4.31 Å². The van der Waals surface area contributed by atoms with Crippen LogP contribution in [0, 0.1) is 6.92 Å². The number of benzene rings is 4. The Kier molecular flexibility index (Phi) is 8.71. The van der Waals surface area contributed by atoms with Crippen LogP contribution in [0.3, 0.4) is 0 Å². The number of nitrogens with zero attached hydrogens (tertiary/aromatic N) is 1. The summed E-state index contributed by atoms with van der Waals surface area (Å²) in [7, 11) is -3.86. The molecular formula is C30H29ClN2O4S. The van der Waals surface area contributed by atoms with Gasteiger partial charge in [0.15, 0.2) is 6.61 Å². The van der Waals surface area contributed by atoms with Crippen LogP contribution < -0.4 is 14.4 Å². The number of nitrogens with one attached hydrogen (secondary N) is 1. The topological polar surface area (TPSA) is 75.7 Å². The summed E-state index contributed by atoms with van der Waals surface area (Å²) < 4.78 is 34.3. The molecule has 0 heterocycles. The van der Waals surface area contributed by atoms with Crippen molar-refractivity contribution in [2.24, 2.45) is 0 Å². The molecule has 0 radical (unpaired) electrons. The Morgan fingerprint density at radius 3 is 2.16 bits per heavy atom. The van der Waals surface area contributed by atoms with E-state index in [1.807, 2.05) is 44.2 Å². The van der Waals surface area contributed by atoms with Crippen molar-refractivity contribution in [3.63, 3.8) is 0 Å². The van der Waals surface area contributed by atoms with Crippen LogP contribution in [0.2, 0.25) is 5.02 Å². The monoisotopic (exact) mass is 548 g/mol. The van der Waals surface area contributed by atoms with Crippen molar-refractivity contribution >= 4 is 33.2 Å². The van der Waals surface area contributed by atoms with E-state index in [9.17, 15) is 13.2 Å². The molecule has 0 aliphatic rings. The van der Waals surface area contributed by atoms with Gasteiger partial charge in [-0.15, -0.1) is 0 Å². The van der Waals surface area contributed by atoms with Crippen LogP contribution in [0.4, 0.5) is 5.69 Å². The molecule has 38 heavy (non-hydrogen) atoms. The fourth-order valence-electron chi connectivity index (χ4n) is 3.87. The summed E-state index contributed by atoms with van der Waals surface area (Å²) in [6.07, 6.45) is 0. The standard InChI is InChI=1S/C30H29ClN2O4S/c1-22-8-18-29(19-9-22)38(35,36)33(20-24-10-12-26(31)13-11-24)27-14-16-28(17-15-27)37-21-30(34)32-23(2)25-6-4-3-5-7-25/h3-19,23H,20-21H2,1-2H3,(H,32,34)/t23-/m0/s1. The molecule has 1 atom stereocenters. The van der Waals surface area contributed by atoms with Crippen LogP contribution >= 0.6 is 11.6 Å². The third-order valence-electron chi connectivity index (χ3n) is 6.02. The Morgan fingerprint density at radius 1 is 0.895 bits per heavy atom. The van der Waals surface area contributed by atoms with Crippen molar-refractivity contribution in [2.45, 2.75) is 31.3 Å². The molecule has 0 fully saturated rings. The van der Waals surface area contributed by atoms with Crippen molar-refractivity contribution in [1.82, 2.24) is 5.32 Å². The summed E-state index contributed by atoms with van der Waals surface area (Å²) in [5, 5.41) is 3.48. The number of anilines is 1. The lowest BCUT2D eigenvalue weighted by Crippen LogP contribution is -2.31. The lowest BCUT2D eigenvalue weighted by molar-refractivity contribution is -0.123. The van der Waals surface area contributed by atoms with E-state index in [1.54, 1.807) is 72.8 Å². The fourth-order valence-corrected chi connectivity index (χ4v) is 5.45. The predicted octanol–water partition coefficient (Wildman–Crippen LogP) is 6.30. The maximum absolute atomic E-state index is 13.7. The zero-order valence-electron chi connectivity index (χ0n) is 21.2. The van der Waals surface area contributed by atoms with Gasteiger partial charge in [0.2, 0.25) is 0 Å². The quantitative estimate of drug-likeness (QED) is 0.252. The van der Waals surface area contributed by atoms with Gasteiger partial charge in [0.1, 0.15) is 5.75 Å². The lowest BCUT2D eigenvalue weighted by atomic mass is 10.1. The van der Waals surface area contributed by atoms with Gasteiger partial charge in [-0.2, -0.15) is 0 Å². The highest BCUT2D eigenvalue weighted by molar-refractivity contribution is 7.92. The molecule has 0 bridgehead atoms. The van der Waals surface area contributed by atoms with Gasteiger partial charge in [-0.1, -0.05) is 71.8 Å². The molecule has 1 N–H and O–H groups in total. The van der Waals surface area contributed by atoms with Crippen molar-refractivity contribution in [3.05, 3.63) is 125 Å². The first kappa shape index (κ1) is 27.2.